The topological polar surface area (TPSA) is 68.6 Å². The number of aromatic nitrogens is 1. The monoisotopic (exact) mass is 402 g/mol. The highest BCUT2D eigenvalue weighted by Gasteiger charge is 2.34. The number of fused-ring (bicyclic) bond motifs is 1. The molecule has 1 aromatic heterocycles. The van der Waals surface area contributed by atoms with Crippen molar-refractivity contribution in [1.29, 1.82) is 0 Å². The summed E-state index contributed by atoms with van der Waals surface area (Å²) in [5, 5.41) is 0. The fraction of sp³-hybridized carbons (Fsp3) is 0.208. The number of hydrogen-bond acceptors (Lipinski definition) is 4. The van der Waals surface area contributed by atoms with Crippen LogP contribution in [0, 0.1) is 20.8 Å². The van der Waals surface area contributed by atoms with Crippen LogP contribution in [-0.4, -0.2) is 40.4 Å². The van der Waals surface area contributed by atoms with Gasteiger partial charge in [0.1, 0.15) is 6.61 Å². The third-order valence-corrected chi connectivity index (χ3v) is 5.37. The summed E-state index contributed by atoms with van der Waals surface area (Å²) >= 11 is 0. The smallest absolute Gasteiger partial charge is 0.340 e. The Hall–Kier alpha value is -3.67. The number of hydrogen-bond donors (Lipinski definition) is 0. The fourth-order valence-electron chi connectivity index (χ4n) is 3.81. The Morgan fingerprint density at radius 1 is 0.900 bits per heavy atom. The van der Waals surface area contributed by atoms with E-state index < -0.39 is 5.97 Å². The minimum absolute atomic E-state index is 0.0226. The first-order valence-corrected chi connectivity index (χ1v) is 9.77. The van der Waals surface area contributed by atoms with Gasteiger partial charge in [0.15, 0.2) is 0 Å². The van der Waals surface area contributed by atoms with Crippen LogP contribution < -0.4 is 0 Å². The number of esters is 1. The van der Waals surface area contributed by atoms with Crippen molar-refractivity contribution >= 4 is 17.8 Å². The first kappa shape index (κ1) is 19.6. The molecule has 6 nitrogen and oxygen atoms in total. The highest BCUT2D eigenvalue weighted by atomic mass is 16.5. The van der Waals surface area contributed by atoms with Crippen molar-refractivity contribution in [1.82, 2.24) is 9.47 Å². The predicted molar refractivity (Wildman–Crippen MR) is 112 cm³/mol. The summed E-state index contributed by atoms with van der Waals surface area (Å²) in [4.78, 5) is 38.6. The zero-order valence-electron chi connectivity index (χ0n) is 17.1. The molecule has 0 saturated carbocycles. The van der Waals surface area contributed by atoms with Gasteiger partial charge in [-0.2, -0.15) is 0 Å². The van der Waals surface area contributed by atoms with Crippen molar-refractivity contribution in [3.63, 3.8) is 0 Å². The summed E-state index contributed by atoms with van der Waals surface area (Å²) in [7, 11) is 0. The third-order valence-electron chi connectivity index (χ3n) is 5.37. The molecule has 0 aliphatic carbocycles. The molecule has 0 unspecified atom stereocenters. The molecule has 3 aromatic rings. The van der Waals surface area contributed by atoms with Crippen LogP contribution in [0.2, 0.25) is 0 Å². The lowest BCUT2D eigenvalue weighted by Gasteiger charge is -2.14. The highest BCUT2D eigenvalue weighted by Crippen LogP contribution is 2.23. The molecule has 1 aliphatic rings. The van der Waals surface area contributed by atoms with E-state index in [0.29, 0.717) is 16.7 Å². The molecule has 0 N–H and O–H groups in total. The minimum Gasteiger partial charge on any atom is -0.460 e. The fourth-order valence-corrected chi connectivity index (χ4v) is 3.81. The first-order chi connectivity index (χ1) is 14.4. The Bertz CT molecular complexity index is 1120. The summed E-state index contributed by atoms with van der Waals surface area (Å²) in [6.45, 7) is 5.79. The van der Waals surface area contributed by atoms with E-state index in [2.05, 4.69) is 0 Å². The Labute approximate surface area is 174 Å². The lowest BCUT2D eigenvalue weighted by molar-refractivity contribution is 0.0420. The lowest BCUT2D eigenvalue weighted by Crippen LogP contribution is -2.33. The molecule has 2 aromatic carbocycles. The van der Waals surface area contributed by atoms with Gasteiger partial charge in [-0.15, -0.1) is 0 Å². The summed E-state index contributed by atoms with van der Waals surface area (Å²) in [6.07, 6.45) is 0. The van der Waals surface area contributed by atoms with Gasteiger partial charge in [-0.05, 0) is 51.1 Å². The molecule has 2 heterocycles. The van der Waals surface area contributed by atoms with E-state index >= 15 is 0 Å². The summed E-state index contributed by atoms with van der Waals surface area (Å²) in [5.74, 6) is -1.19. The number of amides is 2. The first-order valence-electron chi connectivity index (χ1n) is 9.77. The van der Waals surface area contributed by atoms with E-state index in [1.165, 1.54) is 0 Å². The maximum Gasteiger partial charge on any atom is 0.340 e. The van der Waals surface area contributed by atoms with Crippen LogP contribution >= 0.6 is 0 Å². The third kappa shape index (κ3) is 3.30. The number of carbonyl (C=O) groups is 3. The lowest BCUT2D eigenvalue weighted by atomic mass is 10.1. The second-order valence-electron chi connectivity index (χ2n) is 7.40. The molecule has 6 heteroatoms. The zero-order chi connectivity index (χ0) is 21.4. The van der Waals surface area contributed by atoms with E-state index in [-0.39, 0.29) is 25.0 Å². The standard InChI is InChI=1S/C24H22N2O4/c1-15-8-10-18(11-9-15)26-16(2)14-21(17(26)3)24(29)30-13-12-25-22(27)19-6-4-5-7-20(19)23(25)28/h4-11,14H,12-13H2,1-3H3. The van der Waals surface area contributed by atoms with E-state index in [9.17, 15) is 14.4 Å². The quantitative estimate of drug-likeness (QED) is 0.480. The Kier molecular flexibility index (Phi) is 4.99. The van der Waals surface area contributed by atoms with Gasteiger partial charge in [0, 0.05) is 17.1 Å². The molecule has 0 spiro atoms. The van der Waals surface area contributed by atoms with E-state index in [4.69, 9.17) is 4.74 Å². The maximum atomic E-state index is 12.6. The molecular formula is C24H22N2O4. The van der Waals surface area contributed by atoms with E-state index in [1.807, 2.05) is 49.6 Å². The second-order valence-corrected chi connectivity index (χ2v) is 7.40. The number of aryl methyl sites for hydroxylation is 2. The van der Waals surface area contributed by atoms with Crippen molar-refractivity contribution in [3.8, 4) is 5.69 Å². The molecule has 2 amide bonds. The van der Waals surface area contributed by atoms with Gasteiger partial charge in [0.2, 0.25) is 0 Å². The summed E-state index contributed by atoms with van der Waals surface area (Å²) in [6, 6.07) is 16.5. The average molecular weight is 402 g/mol. The maximum absolute atomic E-state index is 12.6. The van der Waals surface area contributed by atoms with Crippen LogP contribution in [0.25, 0.3) is 5.69 Å². The summed E-state index contributed by atoms with van der Waals surface area (Å²) in [5.41, 5.74) is 5.07. The molecule has 0 fully saturated rings. The predicted octanol–water partition coefficient (Wildman–Crippen LogP) is 3.86. The normalized spacial score (nSPS) is 13.0. The van der Waals surface area contributed by atoms with Gasteiger partial charge in [-0.3, -0.25) is 14.5 Å². The molecule has 30 heavy (non-hydrogen) atoms. The largest absolute Gasteiger partial charge is 0.460 e. The molecule has 4 rings (SSSR count). The molecule has 1 aliphatic heterocycles. The van der Waals surface area contributed by atoms with Crippen LogP contribution in [0.15, 0.2) is 54.6 Å². The zero-order valence-corrected chi connectivity index (χ0v) is 17.1. The van der Waals surface area contributed by atoms with Crippen molar-refractivity contribution in [3.05, 3.63) is 88.2 Å². The number of nitrogens with zero attached hydrogens (tertiary/aromatic N) is 2. The van der Waals surface area contributed by atoms with Gasteiger partial charge in [-0.25, -0.2) is 4.79 Å². The van der Waals surface area contributed by atoms with Crippen LogP contribution in [-0.2, 0) is 4.74 Å². The van der Waals surface area contributed by atoms with Crippen LogP contribution in [0.1, 0.15) is 48.0 Å². The van der Waals surface area contributed by atoms with Gasteiger partial charge in [0.05, 0.1) is 23.2 Å². The second kappa shape index (κ2) is 7.63. The van der Waals surface area contributed by atoms with E-state index in [1.54, 1.807) is 30.3 Å². The van der Waals surface area contributed by atoms with Crippen molar-refractivity contribution in [2.75, 3.05) is 13.2 Å². The number of imide groups is 1. The number of ether oxygens (including phenoxy) is 1. The number of rotatable bonds is 5. The Morgan fingerprint density at radius 2 is 1.50 bits per heavy atom. The number of benzene rings is 2. The molecule has 0 saturated heterocycles. The molecule has 0 radical (unpaired) electrons. The van der Waals surface area contributed by atoms with Crippen LogP contribution in [0.3, 0.4) is 0 Å². The molecule has 152 valence electrons. The van der Waals surface area contributed by atoms with Gasteiger partial charge < -0.3 is 9.30 Å². The molecule has 0 atom stereocenters. The van der Waals surface area contributed by atoms with E-state index in [0.717, 1.165) is 27.5 Å². The minimum atomic E-state index is -0.474. The Balaban J connectivity index is 1.44. The molecular weight excluding hydrogens is 380 g/mol. The summed E-state index contributed by atoms with van der Waals surface area (Å²) < 4.78 is 7.39. The van der Waals surface area contributed by atoms with Gasteiger partial charge >= 0.3 is 5.97 Å². The van der Waals surface area contributed by atoms with Crippen LogP contribution in [0.5, 0.6) is 0 Å². The average Bonchev–Trinajstić information content (AvgIpc) is 3.17. The van der Waals surface area contributed by atoms with Crippen molar-refractivity contribution in [2.45, 2.75) is 20.8 Å². The van der Waals surface area contributed by atoms with Crippen LogP contribution in [0.4, 0.5) is 0 Å². The Morgan fingerprint density at radius 3 is 2.10 bits per heavy atom. The van der Waals surface area contributed by atoms with Crippen molar-refractivity contribution < 1.29 is 19.1 Å². The molecule has 0 bridgehead atoms. The van der Waals surface area contributed by atoms with Crippen molar-refractivity contribution in [2.24, 2.45) is 0 Å². The highest BCUT2D eigenvalue weighted by molar-refractivity contribution is 6.21. The van der Waals surface area contributed by atoms with Gasteiger partial charge in [-0.1, -0.05) is 29.8 Å². The van der Waals surface area contributed by atoms with Gasteiger partial charge in [0.25, 0.3) is 11.8 Å². The SMILES string of the molecule is Cc1ccc(-n2c(C)cc(C(=O)OCCN3C(=O)c4ccccc4C3=O)c2C)cc1. The number of carbonyl (C=O) groups excluding carboxylic acids is 3.